The first-order valence-corrected chi connectivity index (χ1v) is 8.46. The average Bonchev–Trinajstić information content (AvgIpc) is 2.67. The zero-order valence-electron chi connectivity index (χ0n) is 15.0. The fourth-order valence-electron chi connectivity index (χ4n) is 2.12. The van der Waals surface area contributed by atoms with Crippen molar-refractivity contribution in [2.24, 2.45) is 5.73 Å². The van der Waals surface area contributed by atoms with Crippen molar-refractivity contribution in [2.75, 3.05) is 13.2 Å². The standard InChI is InChI=1S/C17H21FN2O.C2H3F2NO/c1-2-19-12-16-8-7-15(11-20-16)13-3-5-14(6-4-13)17(21)9-10-18;3-1(4)2(5)6/h3-8,11,17,19,21H,2,9-10,12H2,1H3;1H,(H2,5,6). The Bertz CT molecular complexity index is 680. The molecule has 1 aromatic carbocycles. The SMILES string of the molecule is CCNCc1ccc(-c2ccc(C(O)CCF)cc2)cn1.NC(=O)C(F)F. The predicted molar refractivity (Wildman–Crippen MR) is 97.8 cm³/mol. The summed E-state index contributed by atoms with van der Waals surface area (Å²) in [5.74, 6) is -1.57. The highest BCUT2D eigenvalue weighted by Gasteiger charge is 2.08. The normalized spacial score (nSPS) is 11.6. The van der Waals surface area contributed by atoms with Crippen LogP contribution in [0.3, 0.4) is 0 Å². The van der Waals surface area contributed by atoms with Crippen molar-refractivity contribution in [3.8, 4) is 11.1 Å². The highest BCUT2D eigenvalue weighted by Crippen LogP contribution is 2.23. The molecule has 0 fully saturated rings. The Morgan fingerprint density at radius 3 is 2.22 bits per heavy atom. The molecule has 8 heteroatoms. The molecule has 0 saturated carbocycles. The summed E-state index contributed by atoms with van der Waals surface area (Å²) >= 11 is 0. The number of aliphatic hydroxyl groups excluding tert-OH is 1. The molecule has 0 aliphatic rings. The lowest BCUT2D eigenvalue weighted by molar-refractivity contribution is -0.128. The highest BCUT2D eigenvalue weighted by atomic mass is 19.3. The fourth-order valence-corrected chi connectivity index (χ4v) is 2.12. The maximum Gasteiger partial charge on any atom is 0.315 e. The van der Waals surface area contributed by atoms with Crippen LogP contribution in [0.5, 0.6) is 0 Å². The number of carbonyl (C=O) groups is 1. The third-order valence-electron chi connectivity index (χ3n) is 3.61. The number of nitrogens with two attached hydrogens (primary N) is 1. The van der Waals surface area contributed by atoms with Crippen molar-refractivity contribution in [3.63, 3.8) is 0 Å². The maximum atomic E-state index is 12.2. The quantitative estimate of drug-likeness (QED) is 0.654. The number of nitrogens with one attached hydrogen (secondary N) is 1. The monoisotopic (exact) mass is 383 g/mol. The number of hydrogen-bond donors (Lipinski definition) is 3. The minimum absolute atomic E-state index is 0.139. The van der Waals surface area contributed by atoms with E-state index in [1.54, 1.807) is 0 Å². The predicted octanol–water partition coefficient (Wildman–Crippen LogP) is 2.99. The minimum Gasteiger partial charge on any atom is -0.388 e. The summed E-state index contributed by atoms with van der Waals surface area (Å²) < 4.78 is 33.6. The van der Waals surface area contributed by atoms with Gasteiger partial charge in [0.15, 0.2) is 0 Å². The summed E-state index contributed by atoms with van der Waals surface area (Å²) in [6, 6.07) is 11.6. The molecule has 0 bridgehead atoms. The topological polar surface area (TPSA) is 88.2 Å². The maximum absolute atomic E-state index is 12.2. The molecule has 0 aliphatic carbocycles. The van der Waals surface area contributed by atoms with Gasteiger partial charge in [0.05, 0.1) is 18.5 Å². The molecular formula is C19H24F3N3O2. The van der Waals surface area contributed by atoms with Crippen LogP contribution in [0.15, 0.2) is 42.6 Å². The van der Waals surface area contributed by atoms with Gasteiger partial charge in [-0.25, -0.2) is 0 Å². The molecule has 0 spiro atoms. The van der Waals surface area contributed by atoms with E-state index in [-0.39, 0.29) is 6.42 Å². The molecule has 1 amide bonds. The van der Waals surface area contributed by atoms with Crippen molar-refractivity contribution in [1.29, 1.82) is 0 Å². The van der Waals surface area contributed by atoms with Gasteiger partial charge < -0.3 is 16.2 Å². The lowest BCUT2D eigenvalue weighted by Crippen LogP contribution is -2.19. The zero-order chi connectivity index (χ0) is 20.2. The molecule has 5 nitrogen and oxygen atoms in total. The van der Waals surface area contributed by atoms with E-state index in [9.17, 15) is 23.1 Å². The van der Waals surface area contributed by atoms with Gasteiger partial charge in [0, 0.05) is 24.7 Å². The van der Waals surface area contributed by atoms with Gasteiger partial charge in [-0.05, 0) is 23.7 Å². The molecule has 148 valence electrons. The summed E-state index contributed by atoms with van der Waals surface area (Å²) in [6.45, 7) is 3.24. The Labute approximate surface area is 156 Å². The third-order valence-corrected chi connectivity index (χ3v) is 3.61. The van der Waals surface area contributed by atoms with Crippen LogP contribution in [-0.2, 0) is 11.3 Å². The van der Waals surface area contributed by atoms with Crippen molar-refractivity contribution in [1.82, 2.24) is 10.3 Å². The number of rotatable bonds is 8. The van der Waals surface area contributed by atoms with Gasteiger partial charge in [0.2, 0.25) is 0 Å². The number of alkyl halides is 3. The number of hydrogen-bond acceptors (Lipinski definition) is 4. The summed E-state index contributed by atoms with van der Waals surface area (Å²) in [4.78, 5) is 13.6. The second kappa shape index (κ2) is 12.0. The van der Waals surface area contributed by atoms with Crippen LogP contribution in [0, 0.1) is 0 Å². The molecule has 1 heterocycles. The molecule has 2 aromatic rings. The molecular weight excluding hydrogens is 359 g/mol. The third kappa shape index (κ3) is 8.19. The van der Waals surface area contributed by atoms with E-state index < -0.39 is 25.1 Å². The van der Waals surface area contributed by atoms with Crippen molar-refractivity contribution in [2.45, 2.75) is 32.4 Å². The van der Waals surface area contributed by atoms with E-state index in [0.717, 1.165) is 35.5 Å². The van der Waals surface area contributed by atoms with Gasteiger partial charge in [0.1, 0.15) is 0 Å². The van der Waals surface area contributed by atoms with E-state index in [4.69, 9.17) is 0 Å². The van der Waals surface area contributed by atoms with Gasteiger partial charge >= 0.3 is 6.43 Å². The van der Waals surface area contributed by atoms with Gasteiger partial charge in [-0.1, -0.05) is 37.3 Å². The number of aromatic nitrogens is 1. The number of carbonyl (C=O) groups excluding carboxylic acids is 1. The smallest absolute Gasteiger partial charge is 0.315 e. The van der Waals surface area contributed by atoms with Crippen molar-refractivity contribution >= 4 is 5.91 Å². The second-order valence-corrected chi connectivity index (χ2v) is 5.64. The Balaban J connectivity index is 0.000000527. The lowest BCUT2D eigenvalue weighted by Gasteiger charge is -2.10. The summed E-state index contributed by atoms with van der Waals surface area (Å²) in [5.41, 5.74) is 7.86. The van der Waals surface area contributed by atoms with Gasteiger partial charge in [-0.2, -0.15) is 8.78 Å². The van der Waals surface area contributed by atoms with E-state index >= 15 is 0 Å². The first-order valence-electron chi connectivity index (χ1n) is 8.46. The molecule has 27 heavy (non-hydrogen) atoms. The molecule has 0 radical (unpaired) electrons. The van der Waals surface area contributed by atoms with Gasteiger partial charge in [0.25, 0.3) is 5.91 Å². The molecule has 1 aromatic heterocycles. The van der Waals surface area contributed by atoms with Gasteiger partial charge in [-0.3, -0.25) is 14.2 Å². The number of amides is 1. The van der Waals surface area contributed by atoms with Crippen LogP contribution in [0.2, 0.25) is 0 Å². The van der Waals surface area contributed by atoms with E-state index in [0.29, 0.717) is 0 Å². The highest BCUT2D eigenvalue weighted by molar-refractivity contribution is 5.76. The number of primary amides is 1. The van der Waals surface area contributed by atoms with E-state index in [1.807, 2.05) is 42.6 Å². The first kappa shape index (κ1) is 22.6. The molecule has 0 saturated heterocycles. The first-order chi connectivity index (χ1) is 12.9. The Hall–Kier alpha value is -2.45. The van der Waals surface area contributed by atoms with Crippen LogP contribution in [0.1, 0.15) is 30.7 Å². The number of aliphatic hydroxyl groups is 1. The fraction of sp³-hybridized carbons (Fsp3) is 0.368. The minimum atomic E-state index is -3.01. The van der Waals surface area contributed by atoms with Crippen molar-refractivity contribution in [3.05, 3.63) is 53.9 Å². The van der Waals surface area contributed by atoms with Crippen LogP contribution in [-0.4, -0.2) is 35.6 Å². The van der Waals surface area contributed by atoms with E-state index in [1.165, 1.54) is 0 Å². The van der Waals surface area contributed by atoms with Crippen LogP contribution in [0.25, 0.3) is 11.1 Å². The molecule has 1 atom stereocenters. The summed E-state index contributed by atoms with van der Waals surface area (Å²) in [6.07, 6.45) is -1.76. The molecule has 4 N–H and O–H groups in total. The van der Waals surface area contributed by atoms with Crippen LogP contribution in [0.4, 0.5) is 13.2 Å². The number of nitrogens with zero attached hydrogens (tertiary/aromatic N) is 1. The largest absolute Gasteiger partial charge is 0.388 e. The molecule has 2 rings (SSSR count). The molecule has 0 aliphatic heterocycles. The van der Waals surface area contributed by atoms with Gasteiger partial charge in [-0.15, -0.1) is 0 Å². The Kier molecular flexibility index (Phi) is 10.1. The Morgan fingerprint density at radius 1 is 1.19 bits per heavy atom. The second-order valence-electron chi connectivity index (χ2n) is 5.64. The Morgan fingerprint density at radius 2 is 1.78 bits per heavy atom. The van der Waals surface area contributed by atoms with Crippen molar-refractivity contribution < 1.29 is 23.1 Å². The lowest BCUT2D eigenvalue weighted by atomic mass is 10.0. The number of halogens is 3. The summed E-state index contributed by atoms with van der Waals surface area (Å²) in [7, 11) is 0. The van der Waals surface area contributed by atoms with Crippen LogP contribution >= 0.6 is 0 Å². The van der Waals surface area contributed by atoms with E-state index in [2.05, 4.69) is 23.0 Å². The molecule has 1 unspecified atom stereocenters. The zero-order valence-corrected chi connectivity index (χ0v) is 15.0. The van der Waals surface area contributed by atoms with Crippen LogP contribution < -0.4 is 11.1 Å². The number of benzene rings is 1. The average molecular weight is 383 g/mol. The number of pyridine rings is 1. The summed E-state index contributed by atoms with van der Waals surface area (Å²) in [5, 5.41) is 13.0.